The van der Waals surface area contributed by atoms with E-state index in [1.54, 1.807) is 6.08 Å². The second kappa shape index (κ2) is 52.1. The number of likely N-dealkylation sites (N-methyl/N-ethyl adjacent to an activating group) is 1. The van der Waals surface area contributed by atoms with Crippen molar-refractivity contribution in [2.24, 2.45) is 0 Å². The summed E-state index contributed by atoms with van der Waals surface area (Å²) in [4.78, 5) is 25.4. The fourth-order valence-corrected chi connectivity index (χ4v) is 9.23. The van der Waals surface area contributed by atoms with Crippen molar-refractivity contribution in [1.82, 2.24) is 5.32 Å². The fraction of sp³-hybridized carbons (Fsp3) is 0.820. The first-order valence-corrected chi connectivity index (χ1v) is 31.1. The van der Waals surface area contributed by atoms with Gasteiger partial charge in [-0.15, -0.1) is 0 Å². The molecule has 0 radical (unpaired) electrons. The average molecular weight is 1000 g/mol. The van der Waals surface area contributed by atoms with Crippen LogP contribution in [-0.2, 0) is 18.4 Å². The minimum atomic E-state index is -4.60. The van der Waals surface area contributed by atoms with Crippen LogP contribution in [0.15, 0.2) is 60.8 Å². The Morgan fingerprint density at radius 3 is 1.27 bits per heavy atom. The highest BCUT2D eigenvalue weighted by molar-refractivity contribution is 7.45. The molecule has 9 heteroatoms. The van der Waals surface area contributed by atoms with Crippen molar-refractivity contribution in [2.45, 2.75) is 283 Å². The maximum absolute atomic E-state index is 12.9. The number of unbranched alkanes of at least 4 members (excludes halogenated alkanes) is 33. The van der Waals surface area contributed by atoms with Gasteiger partial charge in [0.05, 0.1) is 39.9 Å². The summed E-state index contributed by atoms with van der Waals surface area (Å²) in [6.07, 6.45) is 70.4. The Balaban J connectivity index is 3.98. The molecular formula is C61H115N2O6P. The molecule has 0 saturated carbocycles. The van der Waals surface area contributed by atoms with Crippen LogP contribution in [0.2, 0.25) is 0 Å². The molecule has 0 aromatic carbocycles. The first-order chi connectivity index (χ1) is 34.0. The van der Waals surface area contributed by atoms with E-state index in [0.717, 1.165) is 57.8 Å². The van der Waals surface area contributed by atoms with Crippen LogP contribution in [0.25, 0.3) is 0 Å². The molecule has 2 N–H and O–H groups in total. The third kappa shape index (κ3) is 54.0. The highest BCUT2D eigenvalue weighted by atomic mass is 31.2. The van der Waals surface area contributed by atoms with Crippen molar-refractivity contribution < 1.29 is 32.9 Å². The van der Waals surface area contributed by atoms with Crippen LogP contribution in [-0.4, -0.2) is 68.5 Å². The van der Waals surface area contributed by atoms with Crippen LogP contribution < -0.4 is 10.2 Å². The van der Waals surface area contributed by atoms with E-state index < -0.39 is 26.6 Å². The zero-order valence-corrected chi connectivity index (χ0v) is 47.6. The smallest absolute Gasteiger partial charge is 0.268 e. The molecule has 0 aliphatic carbocycles. The van der Waals surface area contributed by atoms with Gasteiger partial charge in [0.1, 0.15) is 13.2 Å². The Labute approximate surface area is 434 Å². The van der Waals surface area contributed by atoms with E-state index in [-0.39, 0.29) is 12.5 Å². The molecule has 70 heavy (non-hydrogen) atoms. The van der Waals surface area contributed by atoms with Gasteiger partial charge in [0.25, 0.3) is 7.82 Å². The minimum Gasteiger partial charge on any atom is -0.756 e. The molecule has 8 nitrogen and oxygen atoms in total. The van der Waals surface area contributed by atoms with Crippen molar-refractivity contribution in [1.29, 1.82) is 0 Å². The number of nitrogens with zero attached hydrogens (tertiary/aromatic N) is 1. The lowest BCUT2D eigenvalue weighted by Gasteiger charge is -2.29. The van der Waals surface area contributed by atoms with Gasteiger partial charge in [0.15, 0.2) is 0 Å². The quantitative estimate of drug-likeness (QED) is 0.0272. The molecule has 0 aromatic rings. The first-order valence-electron chi connectivity index (χ1n) is 29.7. The van der Waals surface area contributed by atoms with Crippen LogP contribution in [0.1, 0.15) is 271 Å². The van der Waals surface area contributed by atoms with Gasteiger partial charge < -0.3 is 28.8 Å². The van der Waals surface area contributed by atoms with E-state index in [9.17, 15) is 19.4 Å². The molecular weight excluding hydrogens is 888 g/mol. The van der Waals surface area contributed by atoms with E-state index in [1.165, 1.54) is 193 Å². The molecule has 0 rings (SSSR count). The van der Waals surface area contributed by atoms with Gasteiger partial charge in [0.2, 0.25) is 5.91 Å². The highest BCUT2D eigenvalue weighted by Crippen LogP contribution is 2.38. The standard InChI is InChI=1S/C61H115N2O6P/c1-6-8-10-12-14-16-18-20-21-22-23-24-25-26-27-28-29-30-31-32-33-34-35-36-37-38-39-40-41-43-45-47-49-51-53-55-61(65)62-59(58-69-70(66,67)68-57-56-63(3,4)5)60(64)54-52-50-48-46-44-42-19-17-15-13-11-9-7-2/h15,17-18,20,22-23,44,46,52,54,59-60,64H,6-14,16,19,21,24-43,45,47-51,53,55-58H2,1-5H3,(H-,62,65,66,67)/b17-15+,20-18-,23-22-,46-44+,54-52+. The topological polar surface area (TPSA) is 108 Å². The summed E-state index contributed by atoms with van der Waals surface area (Å²) >= 11 is 0. The molecule has 3 atom stereocenters. The lowest BCUT2D eigenvalue weighted by atomic mass is 10.0. The number of hydrogen-bond donors (Lipinski definition) is 2. The number of carbonyl (C=O) groups excluding carboxylic acids is 1. The number of nitrogens with one attached hydrogen (secondary N) is 1. The number of rotatable bonds is 54. The molecule has 0 heterocycles. The second-order valence-corrected chi connectivity index (χ2v) is 22.7. The Morgan fingerprint density at radius 1 is 0.500 bits per heavy atom. The summed E-state index contributed by atoms with van der Waals surface area (Å²) < 4.78 is 23.3. The number of aliphatic hydroxyl groups excluding tert-OH is 1. The number of phosphoric ester groups is 1. The molecule has 0 aliphatic heterocycles. The third-order valence-electron chi connectivity index (χ3n) is 13.2. The number of aliphatic hydroxyl groups is 1. The lowest BCUT2D eigenvalue weighted by molar-refractivity contribution is -0.870. The number of allylic oxidation sites excluding steroid dienone is 9. The summed E-state index contributed by atoms with van der Waals surface area (Å²) in [6, 6.07) is -0.909. The summed E-state index contributed by atoms with van der Waals surface area (Å²) in [5.74, 6) is -0.210. The molecule has 0 bridgehead atoms. The number of phosphoric acid groups is 1. The molecule has 3 unspecified atom stereocenters. The van der Waals surface area contributed by atoms with Gasteiger partial charge in [-0.2, -0.15) is 0 Å². The van der Waals surface area contributed by atoms with Crippen molar-refractivity contribution in [3.8, 4) is 0 Å². The van der Waals surface area contributed by atoms with Crippen LogP contribution in [0.4, 0.5) is 0 Å². The van der Waals surface area contributed by atoms with Crippen LogP contribution in [0, 0.1) is 0 Å². The maximum atomic E-state index is 12.9. The predicted octanol–water partition coefficient (Wildman–Crippen LogP) is 17.5. The monoisotopic (exact) mass is 1000 g/mol. The number of quaternary nitrogens is 1. The zero-order valence-electron chi connectivity index (χ0n) is 46.7. The highest BCUT2D eigenvalue weighted by Gasteiger charge is 2.23. The van der Waals surface area contributed by atoms with Crippen molar-refractivity contribution in [3.63, 3.8) is 0 Å². The first kappa shape index (κ1) is 68.2. The summed E-state index contributed by atoms with van der Waals surface area (Å²) in [5, 5.41) is 13.8. The van der Waals surface area contributed by atoms with Crippen LogP contribution in [0.3, 0.4) is 0 Å². The molecule has 410 valence electrons. The van der Waals surface area contributed by atoms with E-state index in [0.29, 0.717) is 17.4 Å². The zero-order chi connectivity index (χ0) is 51.3. The number of carbonyl (C=O) groups is 1. The van der Waals surface area contributed by atoms with E-state index in [2.05, 4.69) is 67.8 Å². The van der Waals surface area contributed by atoms with Crippen molar-refractivity contribution >= 4 is 13.7 Å². The predicted molar refractivity (Wildman–Crippen MR) is 302 cm³/mol. The van der Waals surface area contributed by atoms with Crippen LogP contribution >= 0.6 is 7.82 Å². The number of hydrogen-bond acceptors (Lipinski definition) is 6. The average Bonchev–Trinajstić information content (AvgIpc) is 3.32. The molecule has 0 saturated heterocycles. The molecule has 1 amide bonds. The van der Waals surface area contributed by atoms with E-state index >= 15 is 0 Å². The number of amides is 1. The largest absolute Gasteiger partial charge is 0.756 e. The molecule has 0 aliphatic rings. The van der Waals surface area contributed by atoms with Crippen LogP contribution in [0.5, 0.6) is 0 Å². The van der Waals surface area contributed by atoms with E-state index in [1.807, 2.05) is 27.2 Å². The SMILES string of the molecule is CCCCC/C=C/CC/C=C/CC/C=C/C(O)C(COP(=O)([O-])OCC[N+](C)(C)C)NC(=O)CCCCCCCCCCCCCCCCCCCCCCCCC/C=C\C/C=C\CCCCCCC. The van der Waals surface area contributed by atoms with Crippen molar-refractivity contribution in [2.75, 3.05) is 40.9 Å². The minimum absolute atomic E-state index is 0.00922. The Kier molecular flexibility index (Phi) is 50.7. The molecule has 0 aromatic heterocycles. The molecule has 0 fully saturated rings. The van der Waals surface area contributed by atoms with Gasteiger partial charge in [-0.25, -0.2) is 0 Å². The Morgan fingerprint density at radius 2 is 0.843 bits per heavy atom. The van der Waals surface area contributed by atoms with Crippen molar-refractivity contribution in [3.05, 3.63) is 60.8 Å². The van der Waals surface area contributed by atoms with Gasteiger partial charge >= 0.3 is 0 Å². The van der Waals surface area contributed by atoms with E-state index in [4.69, 9.17) is 9.05 Å². The van der Waals surface area contributed by atoms with Gasteiger partial charge in [-0.3, -0.25) is 9.36 Å². The molecule has 0 spiro atoms. The van der Waals surface area contributed by atoms with Gasteiger partial charge in [-0.05, 0) is 77.0 Å². The Bertz CT molecular complexity index is 1320. The summed E-state index contributed by atoms with van der Waals surface area (Å²) in [6.45, 7) is 4.59. The third-order valence-corrected chi connectivity index (χ3v) is 14.1. The normalized spacial score (nSPS) is 14.3. The maximum Gasteiger partial charge on any atom is 0.268 e. The van der Waals surface area contributed by atoms with Gasteiger partial charge in [0, 0.05) is 6.42 Å². The fourth-order valence-electron chi connectivity index (χ4n) is 8.51. The van der Waals surface area contributed by atoms with Gasteiger partial charge in [-0.1, -0.05) is 248 Å². The second-order valence-electron chi connectivity index (χ2n) is 21.3. The summed E-state index contributed by atoms with van der Waals surface area (Å²) in [5.41, 5.74) is 0. The lowest BCUT2D eigenvalue weighted by Crippen LogP contribution is -2.45. The summed E-state index contributed by atoms with van der Waals surface area (Å²) in [7, 11) is 1.24. The Hall–Kier alpha value is -1.80.